The Morgan fingerprint density at radius 2 is 2.22 bits per heavy atom. The van der Waals surface area contributed by atoms with Gasteiger partial charge in [-0.15, -0.1) is 11.8 Å². The second kappa shape index (κ2) is 6.10. The van der Waals surface area contributed by atoms with Gasteiger partial charge in [-0.3, -0.25) is 4.98 Å². The van der Waals surface area contributed by atoms with E-state index in [1.54, 1.807) is 6.07 Å². The van der Waals surface area contributed by atoms with Gasteiger partial charge in [0.1, 0.15) is 16.5 Å². The maximum absolute atomic E-state index is 14.1. The van der Waals surface area contributed by atoms with Crippen LogP contribution in [0.1, 0.15) is 10.6 Å². The number of pyridine rings is 1. The van der Waals surface area contributed by atoms with Gasteiger partial charge in [-0.2, -0.15) is 0 Å². The van der Waals surface area contributed by atoms with Crippen LogP contribution in [-0.4, -0.2) is 22.3 Å². The number of hydrogen-bond donors (Lipinski definition) is 2. The highest BCUT2D eigenvalue weighted by atomic mass is 35.5. The number of benzene rings is 1. The smallest absolute Gasteiger partial charge is 0.374 e. The maximum atomic E-state index is 14.1. The quantitative estimate of drug-likeness (QED) is 0.658. The minimum atomic E-state index is -1.29. The van der Waals surface area contributed by atoms with Crippen molar-refractivity contribution in [2.45, 2.75) is 4.90 Å². The fraction of sp³-hybridized carbons (Fsp3) is 0.0667. The highest BCUT2D eigenvalue weighted by Crippen LogP contribution is 2.37. The fourth-order valence-electron chi connectivity index (χ4n) is 2.11. The van der Waals surface area contributed by atoms with E-state index in [0.717, 1.165) is 4.90 Å². The SMILES string of the molecule is CSc1ccc(Nc2c(C(=O)O)oc3c(Cl)cncc23)c(F)c1. The molecule has 118 valence electrons. The summed E-state index contributed by atoms with van der Waals surface area (Å²) in [6.45, 7) is 0. The molecule has 2 aromatic heterocycles. The van der Waals surface area contributed by atoms with Crippen molar-refractivity contribution < 1.29 is 18.7 Å². The van der Waals surface area contributed by atoms with Crippen molar-refractivity contribution in [1.82, 2.24) is 4.98 Å². The minimum Gasteiger partial charge on any atom is -0.475 e. The van der Waals surface area contributed by atoms with Gasteiger partial charge in [-0.1, -0.05) is 11.6 Å². The van der Waals surface area contributed by atoms with Gasteiger partial charge in [0, 0.05) is 17.3 Å². The second-order valence-corrected chi connectivity index (χ2v) is 5.87. The Kier molecular flexibility index (Phi) is 4.14. The molecule has 0 fully saturated rings. The van der Waals surface area contributed by atoms with Crippen LogP contribution in [0.25, 0.3) is 11.0 Å². The molecule has 0 amide bonds. The molecule has 0 unspecified atom stereocenters. The predicted molar refractivity (Wildman–Crippen MR) is 87.4 cm³/mol. The minimum absolute atomic E-state index is 0.110. The highest BCUT2D eigenvalue weighted by Gasteiger charge is 2.22. The molecule has 1 aromatic carbocycles. The number of nitrogens with one attached hydrogen (secondary N) is 1. The summed E-state index contributed by atoms with van der Waals surface area (Å²) in [6, 6.07) is 4.62. The molecule has 0 spiro atoms. The van der Waals surface area contributed by atoms with Gasteiger partial charge in [0.05, 0.1) is 11.1 Å². The number of anilines is 2. The largest absolute Gasteiger partial charge is 0.475 e. The summed E-state index contributed by atoms with van der Waals surface area (Å²) in [5.41, 5.74) is 0.425. The van der Waals surface area contributed by atoms with Gasteiger partial charge in [-0.05, 0) is 24.5 Å². The number of furan rings is 1. The molecule has 0 saturated carbocycles. The Morgan fingerprint density at radius 1 is 1.43 bits per heavy atom. The van der Waals surface area contributed by atoms with E-state index in [1.165, 1.54) is 36.3 Å². The summed E-state index contributed by atoms with van der Waals surface area (Å²) in [4.78, 5) is 16.1. The Labute approximate surface area is 139 Å². The molecule has 0 aliphatic carbocycles. The Balaban J connectivity index is 2.14. The van der Waals surface area contributed by atoms with Crippen LogP contribution in [0.5, 0.6) is 0 Å². The molecular weight excluding hydrogens is 343 g/mol. The van der Waals surface area contributed by atoms with Crippen LogP contribution in [0.2, 0.25) is 5.02 Å². The molecule has 23 heavy (non-hydrogen) atoms. The van der Waals surface area contributed by atoms with Crippen molar-refractivity contribution >= 4 is 51.7 Å². The molecule has 0 radical (unpaired) electrons. The molecule has 0 aliphatic rings. The Morgan fingerprint density at radius 3 is 2.87 bits per heavy atom. The number of carboxylic acid groups (broad SMARTS) is 1. The third-order valence-corrected chi connectivity index (χ3v) is 4.18. The first kappa shape index (κ1) is 15.6. The average molecular weight is 353 g/mol. The molecule has 2 N–H and O–H groups in total. The third kappa shape index (κ3) is 2.85. The van der Waals surface area contributed by atoms with Crippen LogP contribution >= 0.6 is 23.4 Å². The van der Waals surface area contributed by atoms with Crippen molar-refractivity contribution in [3.8, 4) is 0 Å². The molecular formula is C15H10ClFN2O3S. The summed E-state index contributed by atoms with van der Waals surface area (Å²) < 4.78 is 19.4. The first-order chi connectivity index (χ1) is 11.0. The first-order valence-electron chi connectivity index (χ1n) is 6.41. The van der Waals surface area contributed by atoms with E-state index in [1.807, 2.05) is 6.26 Å². The number of carbonyl (C=O) groups is 1. The lowest BCUT2D eigenvalue weighted by Gasteiger charge is -2.08. The van der Waals surface area contributed by atoms with E-state index < -0.39 is 11.8 Å². The Bertz CT molecular complexity index is 913. The normalized spacial score (nSPS) is 10.9. The van der Waals surface area contributed by atoms with Gasteiger partial charge in [0.15, 0.2) is 5.58 Å². The second-order valence-electron chi connectivity index (χ2n) is 4.58. The average Bonchev–Trinajstić information content (AvgIpc) is 2.90. The summed E-state index contributed by atoms with van der Waals surface area (Å²) in [5, 5.41) is 12.6. The van der Waals surface area contributed by atoms with Crippen molar-refractivity contribution in [3.63, 3.8) is 0 Å². The molecule has 3 aromatic rings. The van der Waals surface area contributed by atoms with Gasteiger partial charge < -0.3 is 14.8 Å². The molecule has 0 aliphatic heterocycles. The van der Waals surface area contributed by atoms with Crippen molar-refractivity contribution in [1.29, 1.82) is 0 Å². The standard InChI is InChI=1S/C15H10ClFN2O3S/c1-23-7-2-3-11(10(17)4-7)19-12-8-5-18-6-9(16)13(8)22-14(12)15(20)21/h2-6,19H,1H3,(H,20,21). The van der Waals surface area contributed by atoms with E-state index in [2.05, 4.69) is 10.3 Å². The zero-order valence-corrected chi connectivity index (χ0v) is 13.3. The van der Waals surface area contributed by atoms with Crippen molar-refractivity contribution in [2.75, 3.05) is 11.6 Å². The zero-order chi connectivity index (χ0) is 16.6. The monoisotopic (exact) mass is 352 g/mol. The summed E-state index contributed by atoms with van der Waals surface area (Å²) in [5.74, 6) is -2.15. The summed E-state index contributed by atoms with van der Waals surface area (Å²) in [6.07, 6.45) is 4.59. The van der Waals surface area contributed by atoms with Crippen LogP contribution in [0.15, 0.2) is 39.9 Å². The molecule has 0 atom stereocenters. The van der Waals surface area contributed by atoms with E-state index in [4.69, 9.17) is 16.0 Å². The zero-order valence-electron chi connectivity index (χ0n) is 11.8. The number of carboxylic acids is 1. The van der Waals surface area contributed by atoms with Crippen molar-refractivity contribution in [2.24, 2.45) is 0 Å². The number of hydrogen-bond acceptors (Lipinski definition) is 5. The molecule has 8 heteroatoms. The van der Waals surface area contributed by atoms with Gasteiger partial charge in [0.25, 0.3) is 0 Å². The van der Waals surface area contributed by atoms with Gasteiger partial charge in [0.2, 0.25) is 5.76 Å². The van der Waals surface area contributed by atoms with Crippen LogP contribution in [0.3, 0.4) is 0 Å². The lowest BCUT2D eigenvalue weighted by atomic mass is 10.2. The number of thioether (sulfide) groups is 1. The summed E-state index contributed by atoms with van der Waals surface area (Å²) >= 11 is 7.37. The van der Waals surface area contributed by atoms with Gasteiger partial charge >= 0.3 is 5.97 Å². The fourth-order valence-corrected chi connectivity index (χ4v) is 2.74. The lowest BCUT2D eigenvalue weighted by molar-refractivity contribution is 0.0666. The van der Waals surface area contributed by atoms with Crippen LogP contribution in [0.4, 0.5) is 15.8 Å². The predicted octanol–water partition coefficient (Wildman–Crippen LogP) is 4.78. The van der Waals surface area contributed by atoms with E-state index in [9.17, 15) is 14.3 Å². The molecule has 0 bridgehead atoms. The van der Waals surface area contributed by atoms with Crippen LogP contribution in [-0.2, 0) is 0 Å². The number of aromatic carboxylic acids is 1. The topological polar surface area (TPSA) is 75.4 Å². The lowest BCUT2D eigenvalue weighted by Crippen LogP contribution is -2.01. The highest BCUT2D eigenvalue weighted by molar-refractivity contribution is 7.98. The third-order valence-electron chi connectivity index (χ3n) is 3.18. The van der Waals surface area contributed by atoms with Gasteiger partial charge in [-0.25, -0.2) is 9.18 Å². The number of halogens is 2. The maximum Gasteiger partial charge on any atom is 0.374 e. The van der Waals surface area contributed by atoms with Crippen molar-refractivity contribution in [3.05, 3.63) is 47.2 Å². The van der Waals surface area contributed by atoms with E-state index in [-0.39, 0.29) is 27.7 Å². The van der Waals surface area contributed by atoms with Crippen LogP contribution < -0.4 is 5.32 Å². The number of fused-ring (bicyclic) bond motifs is 1. The number of aromatic nitrogens is 1. The number of rotatable bonds is 4. The Hall–Kier alpha value is -2.25. The number of nitrogens with zero attached hydrogens (tertiary/aromatic N) is 1. The first-order valence-corrected chi connectivity index (χ1v) is 8.01. The molecule has 5 nitrogen and oxygen atoms in total. The van der Waals surface area contributed by atoms with E-state index >= 15 is 0 Å². The molecule has 2 heterocycles. The molecule has 0 saturated heterocycles. The van der Waals surface area contributed by atoms with E-state index in [0.29, 0.717) is 5.39 Å². The summed E-state index contributed by atoms with van der Waals surface area (Å²) in [7, 11) is 0. The van der Waals surface area contributed by atoms with Crippen LogP contribution in [0, 0.1) is 5.82 Å². The molecule has 3 rings (SSSR count).